The van der Waals surface area contributed by atoms with Crippen LogP contribution in [0.3, 0.4) is 0 Å². The van der Waals surface area contributed by atoms with Crippen molar-refractivity contribution in [1.29, 1.82) is 0 Å². The fraction of sp³-hybridized carbons (Fsp3) is 0.500. The molecule has 0 saturated heterocycles. The van der Waals surface area contributed by atoms with E-state index >= 15 is 0 Å². The molecule has 0 amide bonds. The largest absolute Gasteiger partial charge is 0.497 e. The second-order valence-corrected chi connectivity index (χ2v) is 5.16. The molecule has 6 heteroatoms. The van der Waals surface area contributed by atoms with Crippen LogP contribution in [0, 0.1) is 0 Å². The van der Waals surface area contributed by atoms with E-state index in [9.17, 15) is 0 Å². The predicted molar refractivity (Wildman–Crippen MR) is 76.7 cm³/mol. The summed E-state index contributed by atoms with van der Waals surface area (Å²) < 4.78 is 16.3. The molecule has 0 radical (unpaired) electrons. The summed E-state index contributed by atoms with van der Waals surface area (Å²) in [4.78, 5) is 0. The monoisotopic (exact) mass is 282 g/mol. The first-order valence-corrected chi connectivity index (χ1v) is 6.30. The van der Waals surface area contributed by atoms with E-state index in [0.717, 1.165) is 0 Å². The number of nitrogens with zero attached hydrogens (tertiary/aromatic N) is 1. The maximum atomic E-state index is 8.77. The summed E-state index contributed by atoms with van der Waals surface area (Å²) in [6, 6.07) is 5.07. The highest BCUT2D eigenvalue weighted by molar-refractivity contribution is 5.99. The van der Waals surface area contributed by atoms with E-state index in [4.69, 9.17) is 25.2 Å². The topological polar surface area (TPSA) is 86.3 Å². The van der Waals surface area contributed by atoms with Gasteiger partial charge in [-0.25, -0.2) is 0 Å². The molecule has 0 bridgehead atoms. The highest BCUT2D eigenvalue weighted by atomic mass is 16.5. The summed E-state index contributed by atoms with van der Waals surface area (Å²) in [6.07, 6.45) is 0. The molecule has 112 valence electrons. The Bertz CT molecular complexity index is 467. The third kappa shape index (κ3) is 4.97. The van der Waals surface area contributed by atoms with Crippen molar-refractivity contribution in [3.8, 4) is 11.5 Å². The van der Waals surface area contributed by atoms with E-state index in [1.54, 1.807) is 25.3 Å². The summed E-state index contributed by atoms with van der Waals surface area (Å²) in [6.45, 7) is 6.72. The van der Waals surface area contributed by atoms with Gasteiger partial charge < -0.3 is 25.2 Å². The predicted octanol–water partition coefficient (Wildman–Crippen LogP) is 1.98. The Hall–Kier alpha value is -1.95. The highest BCUT2D eigenvalue weighted by Crippen LogP contribution is 2.24. The standard InChI is InChI=1S/C14H22N2O4/c1-14(2,3)20-8-7-19-12-9-10(18-4)5-6-11(12)13(15)16-17/h5-6,9,17H,7-8H2,1-4H3,(H2,15,16). The molecule has 1 aromatic carbocycles. The molecule has 0 aromatic heterocycles. The van der Waals surface area contributed by atoms with Crippen LogP contribution in [0.1, 0.15) is 26.3 Å². The second-order valence-electron chi connectivity index (χ2n) is 5.16. The Balaban J connectivity index is 2.76. The number of hydrogen-bond donors (Lipinski definition) is 2. The molecule has 6 nitrogen and oxygen atoms in total. The molecule has 0 heterocycles. The van der Waals surface area contributed by atoms with Crippen LogP contribution in [0.15, 0.2) is 23.4 Å². The van der Waals surface area contributed by atoms with Crippen molar-refractivity contribution < 1.29 is 19.4 Å². The van der Waals surface area contributed by atoms with Crippen molar-refractivity contribution in [3.05, 3.63) is 23.8 Å². The second kappa shape index (κ2) is 7.00. The Kier molecular flexibility index (Phi) is 5.64. The summed E-state index contributed by atoms with van der Waals surface area (Å²) in [5, 5.41) is 11.8. The molecule has 0 fully saturated rings. The molecule has 0 aliphatic carbocycles. The van der Waals surface area contributed by atoms with Crippen LogP contribution in [0.5, 0.6) is 11.5 Å². The average Bonchev–Trinajstić information content (AvgIpc) is 2.41. The van der Waals surface area contributed by atoms with E-state index in [1.165, 1.54) is 0 Å². The molecule has 0 saturated carbocycles. The third-order valence-electron chi connectivity index (χ3n) is 2.45. The molecule has 0 aliphatic heterocycles. The van der Waals surface area contributed by atoms with Crippen LogP contribution in [0.4, 0.5) is 0 Å². The zero-order valence-electron chi connectivity index (χ0n) is 12.3. The van der Waals surface area contributed by atoms with E-state index in [0.29, 0.717) is 30.3 Å². The lowest BCUT2D eigenvalue weighted by atomic mass is 10.1. The summed E-state index contributed by atoms with van der Waals surface area (Å²) in [5.41, 5.74) is 5.90. The first-order chi connectivity index (χ1) is 9.37. The van der Waals surface area contributed by atoms with Crippen molar-refractivity contribution in [3.63, 3.8) is 0 Å². The van der Waals surface area contributed by atoms with Crippen LogP contribution in [0.25, 0.3) is 0 Å². The lowest BCUT2D eigenvalue weighted by Crippen LogP contribution is -2.23. The third-order valence-corrected chi connectivity index (χ3v) is 2.45. The van der Waals surface area contributed by atoms with Gasteiger partial charge in [0.15, 0.2) is 5.84 Å². The molecule has 0 unspecified atom stereocenters. The van der Waals surface area contributed by atoms with Gasteiger partial charge in [-0.2, -0.15) is 0 Å². The van der Waals surface area contributed by atoms with Gasteiger partial charge in [0, 0.05) is 6.07 Å². The smallest absolute Gasteiger partial charge is 0.173 e. The molecule has 0 aliphatic rings. The molecule has 0 atom stereocenters. The molecular weight excluding hydrogens is 260 g/mol. The van der Waals surface area contributed by atoms with Gasteiger partial charge in [0.2, 0.25) is 0 Å². The molecule has 1 aromatic rings. The van der Waals surface area contributed by atoms with Crippen LogP contribution >= 0.6 is 0 Å². The Labute approximate surface area is 119 Å². The zero-order valence-corrected chi connectivity index (χ0v) is 12.3. The van der Waals surface area contributed by atoms with Crippen molar-refractivity contribution in [1.82, 2.24) is 0 Å². The van der Waals surface area contributed by atoms with Crippen molar-refractivity contribution in [2.45, 2.75) is 26.4 Å². The molecule has 1 rings (SSSR count). The van der Waals surface area contributed by atoms with Crippen LogP contribution < -0.4 is 15.2 Å². The minimum Gasteiger partial charge on any atom is -0.497 e. The van der Waals surface area contributed by atoms with E-state index in [-0.39, 0.29) is 11.4 Å². The van der Waals surface area contributed by atoms with Gasteiger partial charge in [0.25, 0.3) is 0 Å². The Morgan fingerprint density at radius 3 is 2.55 bits per heavy atom. The van der Waals surface area contributed by atoms with Gasteiger partial charge in [-0.1, -0.05) is 5.16 Å². The van der Waals surface area contributed by atoms with E-state index in [1.807, 2.05) is 20.8 Å². The normalized spacial score (nSPS) is 12.3. The number of hydrogen-bond acceptors (Lipinski definition) is 5. The van der Waals surface area contributed by atoms with Gasteiger partial charge in [0.1, 0.15) is 18.1 Å². The highest BCUT2D eigenvalue weighted by Gasteiger charge is 2.12. The van der Waals surface area contributed by atoms with E-state index < -0.39 is 0 Å². The van der Waals surface area contributed by atoms with Gasteiger partial charge >= 0.3 is 0 Å². The van der Waals surface area contributed by atoms with Gasteiger partial charge in [0.05, 0.1) is 24.9 Å². The summed E-state index contributed by atoms with van der Waals surface area (Å²) >= 11 is 0. The number of oxime groups is 1. The Morgan fingerprint density at radius 1 is 1.30 bits per heavy atom. The number of nitrogens with two attached hydrogens (primary N) is 1. The van der Waals surface area contributed by atoms with Crippen LogP contribution in [0.2, 0.25) is 0 Å². The fourth-order valence-electron chi connectivity index (χ4n) is 1.51. The quantitative estimate of drug-likeness (QED) is 0.274. The lowest BCUT2D eigenvalue weighted by molar-refractivity contribution is -0.0163. The van der Waals surface area contributed by atoms with Crippen molar-refractivity contribution in [2.24, 2.45) is 10.9 Å². The fourth-order valence-corrected chi connectivity index (χ4v) is 1.51. The number of methoxy groups -OCH3 is 1. The molecule has 20 heavy (non-hydrogen) atoms. The first-order valence-electron chi connectivity index (χ1n) is 6.30. The number of benzene rings is 1. The van der Waals surface area contributed by atoms with Crippen molar-refractivity contribution >= 4 is 5.84 Å². The van der Waals surface area contributed by atoms with Gasteiger partial charge in [-0.05, 0) is 32.9 Å². The van der Waals surface area contributed by atoms with Gasteiger partial charge in [-0.15, -0.1) is 0 Å². The molecule has 0 spiro atoms. The minimum absolute atomic E-state index is 0.0145. The number of amidine groups is 1. The van der Waals surface area contributed by atoms with Crippen LogP contribution in [-0.4, -0.2) is 37.0 Å². The maximum Gasteiger partial charge on any atom is 0.173 e. The van der Waals surface area contributed by atoms with Gasteiger partial charge in [-0.3, -0.25) is 0 Å². The SMILES string of the molecule is COc1ccc(/C(N)=N/O)c(OCCOC(C)(C)C)c1. The minimum atomic E-state index is -0.216. The zero-order chi connectivity index (χ0) is 15.2. The molecule has 3 N–H and O–H groups in total. The maximum absolute atomic E-state index is 8.77. The summed E-state index contributed by atoms with van der Waals surface area (Å²) in [5.74, 6) is 1.10. The average molecular weight is 282 g/mol. The lowest BCUT2D eigenvalue weighted by Gasteiger charge is -2.20. The Morgan fingerprint density at radius 2 is 2.00 bits per heavy atom. The number of rotatable bonds is 6. The summed E-state index contributed by atoms with van der Waals surface area (Å²) in [7, 11) is 1.56. The van der Waals surface area contributed by atoms with Crippen LogP contribution in [-0.2, 0) is 4.74 Å². The van der Waals surface area contributed by atoms with Crippen molar-refractivity contribution in [2.75, 3.05) is 20.3 Å². The molecular formula is C14H22N2O4. The van der Waals surface area contributed by atoms with E-state index in [2.05, 4.69) is 5.16 Å². The number of ether oxygens (including phenoxy) is 3. The first kappa shape index (κ1) is 16.1.